The number of nitrogens with zero attached hydrogens (tertiary/aromatic N) is 1. The molecule has 24 heavy (non-hydrogen) atoms. The third-order valence-corrected chi connectivity index (χ3v) is 4.36. The minimum absolute atomic E-state index is 0.649. The van der Waals surface area contributed by atoms with Crippen molar-refractivity contribution in [2.75, 3.05) is 5.32 Å². The summed E-state index contributed by atoms with van der Waals surface area (Å²) in [6.45, 7) is 0.787. The highest BCUT2D eigenvalue weighted by molar-refractivity contribution is 9.10. The smallest absolute Gasteiger partial charge is 0.227 e. The van der Waals surface area contributed by atoms with Gasteiger partial charge in [-0.2, -0.15) is 0 Å². The van der Waals surface area contributed by atoms with Crippen LogP contribution in [0.3, 0.4) is 0 Å². The molecule has 0 aliphatic carbocycles. The first kappa shape index (κ1) is 15.0. The maximum absolute atomic E-state index is 5.80. The van der Waals surface area contributed by atoms with Gasteiger partial charge < -0.3 is 9.73 Å². The van der Waals surface area contributed by atoms with E-state index in [1.54, 1.807) is 0 Å². The van der Waals surface area contributed by atoms with Crippen molar-refractivity contribution >= 4 is 32.7 Å². The monoisotopic (exact) mass is 378 g/mol. The summed E-state index contributed by atoms with van der Waals surface area (Å²) in [4.78, 5) is 4.52. The Morgan fingerprint density at radius 2 is 1.62 bits per heavy atom. The van der Waals surface area contributed by atoms with Crippen LogP contribution in [0, 0.1) is 0 Å². The first-order valence-corrected chi connectivity index (χ1v) is 8.51. The molecule has 1 heterocycles. The first-order chi connectivity index (χ1) is 11.8. The lowest BCUT2D eigenvalue weighted by Gasteiger charge is -2.07. The fraction of sp³-hybridized carbons (Fsp3) is 0.0500. The van der Waals surface area contributed by atoms with Gasteiger partial charge in [0.1, 0.15) is 5.52 Å². The van der Waals surface area contributed by atoms with Crippen molar-refractivity contribution in [3.8, 4) is 11.5 Å². The summed E-state index contributed by atoms with van der Waals surface area (Å²) in [5, 5.41) is 3.42. The molecule has 0 bridgehead atoms. The molecule has 4 aromatic rings. The molecule has 118 valence electrons. The quantitative estimate of drug-likeness (QED) is 0.482. The molecule has 3 aromatic carbocycles. The van der Waals surface area contributed by atoms with E-state index in [9.17, 15) is 0 Å². The number of rotatable bonds is 4. The predicted octanol–water partition coefficient (Wildman–Crippen LogP) is 5.87. The van der Waals surface area contributed by atoms with Crippen molar-refractivity contribution in [3.63, 3.8) is 0 Å². The van der Waals surface area contributed by atoms with Crippen molar-refractivity contribution in [2.45, 2.75) is 6.54 Å². The highest BCUT2D eigenvalue weighted by atomic mass is 79.9. The number of para-hydroxylation sites is 2. The van der Waals surface area contributed by atoms with Crippen molar-refractivity contribution in [1.82, 2.24) is 4.98 Å². The van der Waals surface area contributed by atoms with Crippen molar-refractivity contribution in [2.24, 2.45) is 0 Å². The lowest BCUT2D eigenvalue weighted by atomic mass is 10.2. The molecule has 4 heteroatoms. The summed E-state index contributed by atoms with van der Waals surface area (Å²) >= 11 is 3.45. The second-order valence-corrected chi connectivity index (χ2v) is 6.46. The Morgan fingerprint density at radius 1 is 0.875 bits per heavy atom. The predicted molar refractivity (Wildman–Crippen MR) is 101 cm³/mol. The second kappa shape index (κ2) is 6.49. The maximum Gasteiger partial charge on any atom is 0.227 e. The van der Waals surface area contributed by atoms with Gasteiger partial charge in [0.15, 0.2) is 5.58 Å². The summed E-state index contributed by atoms with van der Waals surface area (Å²) in [6, 6.07) is 24.2. The largest absolute Gasteiger partial charge is 0.436 e. The maximum atomic E-state index is 5.80. The van der Waals surface area contributed by atoms with Gasteiger partial charge in [0, 0.05) is 22.3 Å². The van der Waals surface area contributed by atoms with E-state index in [0.29, 0.717) is 5.89 Å². The molecule has 4 rings (SSSR count). The Kier molecular flexibility index (Phi) is 4.05. The number of fused-ring (bicyclic) bond motifs is 1. The number of benzene rings is 3. The summed E-state index contributed by atoms with van der Waals surface area (Å²) in [7, 11) is 0. The van der Waals surface area contributed by atoms with Crippen LogP contribution in [0.15, 0.2) is 81.7 Å². The van der Waals surface area contributed by atoms with Crippen LogP contribution in [0.4, 0.5) is 5.69 Å². The molecule has 0 atom stereocenters. The van der Waals surface area contributed by atoms with Gasteiger partial charge in [0.25, 0.3) is 0 Å². The zero-order valence-electron chi connectivity index (χ0n) is 12.9. The molecular formula is C20H15BrN2O. The van der Waals surface area contributed by atoms with E-state index in [1.165, 1.54) is 5.56 Å². The van der Waals surface area contributed by atoms with Crippen LogP contribution in [0.1, 0.15) is 5.56 Å². The van der Waals surface area contributed by atoms with E-state index < -0.39 is 0 Å². The number of hydrogen-bond donors (Lipinski definition) is 1. The Balaban J connectivity index is 1.48. The third kappa shape index (κ3) is 3.19. The van der Waals surface area contributed by atoms with Crippen LogP contribution in [0.2, 0.25) is 0 Å². The van der Waals surface area contributed by atoms with Crippen LogP contribution in [0.5, 0.6) is 0 Å². The molecule has 0 fully saturated rings. The minimum atomic E-state index is 0.649. The number of anilines is 1. The average Bonchev–Trinajstić information content (AvgIpc) is 3.06. The summed E-state index contributed by atoms with van der Waals surface area (Å²) < 4.78 is 6.89. The van der Waals surface area contributed by atoms with E-state index in [1.807, 2.05) is 60.7 Å². The molecule has 0 aliphatic heterocycles. The van der Waals surface area contributed by atoms with Gasteiger partial charge in [-0.15, -0.1) is 0 Å². The van der Waals surface area contributed by atoms with Gasteiger partial charge in [-0.25, -0.2) is 4.98 Å². The molecule has 1 aromatic heterocycles. The summed E-state index contributed by atoms with van der Waals surface area (Å²) in [6.07, 6.45) is 0. The molecule has 0 aliphatic rings. The highest BCUT2D eigenvalue weighted by Crippen LogP contribution is 2.25. The van der Waals surface area contributed by atoms with Gasteiger partial charge in [0.05, 0.1) is 0 Å². The van der Waals surface area contributed by atoms with Crippen LogP contribution in [0.25, 0.3) is 22.6 Å². The van der Waals surface area contributed by atoms with Crippen molar-refractivity contribution in [1.29, 1.82) is 0 Å². The zero-order chi connectivity index (χ0) is 16.4. The van der Waals surface area contributed by atoms with Gasteiger partial charge >= 0.3 is 0 Å². The molecule has 0 radical (unpaired) electrons. The molecule has 3 nitrogen and oxygen atoms in total. The van der Waals surface area contributed by atoms with Gasteiger partial charge in [-0.1, -0.05) is 40.2 Å². The number of aromatic nitrogens is 1. The van der Waals surface area contributed by atoms with Gasteiger partial charge in [-0.05, 0) is 54.1 Å². The number of nitrogens with one attached hydrogen (secondary N) is 1. The standard InChI is InChI=1S/C20H15BrN2O/c21-16-9-5-14(6-10-16)13-22-17-11-7-15(8-12-17)20-23-18-3-1-2-4-19(18)24-20/h1-12,22H,13H2. The van der Waals surface area contributed by atoms with Gasteiger partial charge in [-0.3, -0.25) is 0 Å². The molecule has 1 N–H and O–H groups in total. The fourth-order valence-electron chi connectivity index (χ4n) is 2.53. The van der Waals surface area contributed by atoms with E-state index in [4.69, 9.17) is 4.42 Å². The van der Waals surface area contributed by atoms with E-state index >= 15 is 0 Å². The van der Waals surface area contributed by atoms with Crippen molar-refractivity contribution < 1.29 is 4.42 Å². The number of halogens is 1. The Morgan fingerprint density at radius 3 is 2.38 bits per heavy atom. The number of oxazole rings is 1. The van der Waals surface area contributed by atoms with E-state index in [0.717, 1.165) is 33.4 Å². The minimum Gasteiger partial charge on any atom is -0.436 e. The first-order valence-electron chi connectivity index (χ1n) is 7.72. The third-order valence-electron chi connectivity index (χ3n) is 3.84. The lowest BCUT2D eigenvalue weighted by Crippen LogP contribution is -1.98. The zero-order valence-corrected chi connectivity index (χ0v) is 14.5. The summed E-state index contributed by atoms with van der Waals surface area (Å²) in [5.74, 6) is 0.649. The lowest BCUT2D eigenvalue weighted by molar-refractivity contribution is 0.620. The highest BCUT2D eigenvalue weighted by Gasteiger charge is 2.07. The van der Waals surface area contributed by atoms with E-state index in [2.05, 4.69) is 38.4 Å². The summed E-state index contributed by atoms with van der Waals surface area (Å²) in [5.41, 5.74) is 4.97. The molecule has 0 spiro atoms. The fourth-order valence-corrected chi connectivity index (χ4v) is 2.80. The molecule has 0 unspecified atom stereocenters. The SMILES string of the molecule is Brc1ccc(CNc2ccc(-c3nc4ccccc4o3)cc2)cc1. The normalized spacial score (nSPS) is 10.9. The average molecular weight is 379 g/mol. The van der Waals surface area contributed by atoms with Crippen LogP contribution in [-0.2, 0) is 6.54 Å². The van der Waals surface area contributed by atoms with Crippen LogP contribution >= 0.6 is 15.9 Å². The van der Waals surface area contributed by atoms with Crippen LogP contribution < -0.4 is 5.32 Å². The molecule has 0 saturated heterocycles. The molecule has 0 amide bonds. The van der Waals surface area contributed by atoms with E-state index in [-0.39, 0.29) is 0 Å². The Labute approximate surface area is 148 Å². The Bertz CT molecular complexity index is 926. The molecule has 0 saturated carbocycles. The van der Waals surface area contributed by atoms with Gasteiger partial charge in [0.2, 0.25) is 5.89 Å². The number of hydrogen-bond acceptors (Lipinski definition) is 3. The topological polar surface area (TPSA) is 38.1 Å². The van der Waals surface area contributed by atoms with Crippen LogP contribution in [-0.4, -0.2) is 4.98 Å². The second-order valence-electron chi connectivity index (χ2n) is 5.54. The molecular weight excluding hydrogens is 364 g/mol. The Hall–Kier alpha value is -2.59. The van der Waals surface area contributed by atoms with Crippen molar-refractivity contribution in [3.05, 3.63) is 82.8 Å².